The molecule has 2 heterocycles. The average molecular weight is 261 g/mol. The summed E-state index contributed by atoms with van der Waals surface area (Å²) in [6, 6.07) is 5.18. The van der Waals surface area contributed by atoms with Crippen LogP contribution in [0.25, 0.3) is 11.4 Å². The van der Waals surface area contributed by atoms with Crippen LogP contribution in [-0.2, 0) is 6.42 Å². The molecule has 0 spiro atoms. The smallest absolute Gasteiger partial charge is 0.228 e. The molecule has 1 aromatic heterocycles. The lowest BCUT2D eigenvalue weighted by Gasteiger charge is -2.04. The van der Waals surface area contributed by atoms with Gasteiger partial charge in [-0.1, -0.05) is 5.16 Å². The zero-order valence-corrected chi connectivity index (χ0v) is 10.8. The standard InChI is InChI=1S/C14H16FN3O/c1-9-5-10(7-11(15)6-9)14-17-13(19-18-14)8-12-3-2-4-16-12/h5-7,12,16H,2-4,8H2,1H3. The van der Waals surface area contributed by atoms with Gasteiger partial charge in [0.15, 0.2) is 0 Å². The summed E-state index contributed by atoms with van der Waals surface area (Å²) in [6.45, 7) is 2.89. The predicted octanol–water partition coefficient (Wildman–Crippen LogP) is 2.48. The minimum Gasteiger partial charge on any atom is -0.339 e. The van der Waals surface area contributed by atoms with Gasteiger partial charge in [-0.3, -0.25) is 0 Å². The summed E-state index contributed by atoms with van der Waals surface area (Å²) in [4.78, 5) is 4.34. The quantitative estimate of drug-likeness (QED) is 0.922. The first-order valence-electron chi connectivity index (χ1n) is 6.54. The second kappa shape index (κ2) is 5.09. The number of aromatic nitrogens is 2. The molecular formula is C14H16FN3O. The van der Waals surface area contributed by atoms with E-state index in [1.165, 1.54) is 18.6 Å². The highest BCUT2D eigenvalue weighted by molar-refractivity contribution is 5.55. The van der Waals surface area contributed by atoms with E-state index in [-0.39, 0.29) is 5.82 Å². The minimum absolute atomic E-state index is 0.279. The van der Waals surface area contributed by atoms with Gasteiger partial charge in [0.25, 0.3) is 0 Å². The fourth-order valence-corrected chi connectivity index (χ4v) is 2.46. The van der Waals surface area contributed by atoms with Crippen LogP contribution in [-0.4, -0.2) is 22.7 Å². The second-order valence-electron chi connectivity index (χ2n) is 5.03. The zero-order valence-electron chi connectivity index (χ0n) is 10.8. The lowest BCUT2D eigenvalue weighted by Crippen LogP contribution is -2.23. The van der Waals surface area contributed by atoms with Crippen molar-refractivity contribution < 1.29 is 8.91 Å². The number of halogens is 1. The summed E-state index contributed by atoms with van der Waals surface area (Å²) < 4.78 is 18.6. The molecule has 2 aromatic rings. The van der Waals surface area contributed by atoms with E-state index in [9.17, 15) is 4.39 Å². The highest BCUT2D eigenvalue weighted by Gasteiger charge is 2.18. The Morgan fingerprint density at radius 1 is 1.42 bits per heavy atom. The van der Waals surface area contributed by atoms with Crippen LogP contribution in [0, 0.1) is 12.7 Å². The molecule has 100 valence electrons. The van der Waals surface area contributed by atoms with Gasteiger partial charge in [0.2, 0.25) is 11.7 Å². The Morgan fingerprint density at radius 2 is 2.32 bits per heavy atom. The predicted molar refractivity (Wildman–Crippen MR) is 69.2 cm³/mol. The Bertz CT molecular complexity index is 556. The first kappa shape index (κ1) is 12.3. The summed E-state index contributed by atoms with van der Waals surface area (Å²) in [6.07, 6.45) is 3.06. The Kier molecular flexibility index (Phi) is 3.29. The second-order valence-corrected chi connectivity index (χ2v) is 5.03. The topological polar surface area (TPSA) is 51.0 Å². The normalized spacial score (nSPS) is 18.9. The highest BCUT2D eigenvalue weighted by atomic mass is 19.1. The van der Waals surface area contributed by atoms with Gasteiger partial charge in [0.05, 0.1) is 0 Å². The van der Waals surface area contributed by atoms with Crippen LogP contribution < -0.4 is 5.32 Å². The maximum Gasteiger partial charge on any atom is 0.228 e. The van der Waals surface area contributed by atoms with Gasteiger partial charge in [0, 0.05) is 18.0 Å². The molecule has 5 heteroatoms. The van der Waals surface area contributed by atoms with Crippen molar-refractivity contribution in [1.29, 1.82) is 0 Å². The van der Waals surface area contributed by atoms with Gasteiger partial charge in [-0.2, -0.15) is 4.98 Å². The molecule has 1 atom stereocenters. The first-order valence-corrected chi connectivity index (χ1v) is 6.54. The van der Waals surface area contributed by atoms with Crippen molar-refractivity contribution in [2.45, 2.75) is 32.2 Å². The fourth-order valence-electron chi connectivity index (χ4n) is 2.46. The van der Waals surface area contributed by atoms with Crippen molar-refractivity contribution in [2.24, 2.45) is 0 Å². The van der Waals surface area contributed by atoms with Crippen molar-refractivity contribution in [3.8, 4) is 11.4 Å². The molecule has 1 aliphatic heterocycles. The van der Waals surface area contributed by atoms with Crippen LogP contribution in [0.1, 0.15) is 24.3 Å². The lowest BCUT2D eigenvalue weighted by atomic mass is 10.1. The van der Waals surface area contributed by atoms with Crippen LogP contribution in [0.15, 0.2) is 22.7 Å². The first-order chi connectivity index (χ1) is 9.20. The molecule has 1 saturated heterocycles. The molecular weight excluding hydrogens is 245 g/mol. The molecule has 0 saturated carbocycles. The molecule has 4 nitrogen and oxygen atoms in total. The fraction of sp³-hybridized carbons (Fsp3) is 0.429. The van der Waals surface area contributed by atoms with Gasteiger partial charge in [-0.05, 0) is 50.1 Å². The van der Waals surface area contributed by atoms with Crippen LogP contribution in [0.4, 0.5) is 4.39 Å². The number of hydrogen-bond donors (Lipinski definition) is 1. The third-order valence-electron chi connectivity index (χ3n) is 3.35. The molecule has 3 rings (SSSR count). The van der Waals surface area contributed by atoms with E-state index in [1.807, 2.05) is 13.0 Å². The SMILES string of the molecule is Cc1cc(F)cc(-c2noc(CC3CCCN3)n2)c1. The maximum atomic E-state index is 13.4. The molecule has 1 unspecified atom stereocenters. The van der Waals surface area contributed by atoms with Gasteiger partial charge in [-0.25, -0.2) is 4.39 Å². The largest absolute Gasteiger partial charge is 0.339 e. The number of benzene rings is 1. The van der Waals surface area contributed by atoms with Crippen molar-refractivity contribution in [3.05, 3.63) is 35.5 Å². The van der Waals surface area contributed by atoms with Crippen LogP contribution in [0.5, 0.6) is 0 Å². The summed E-state index contributed by atoms with van der Waals surface area (Å²) in [5.41, 5.74) is 1.51. The average Bonchev–Trinajstić information content (AvgIpc) is 2.99. The van der Waals surface area contributed by atoms with E-state index in [4.69, 9.17) is 4.52 Å². The highest BCUT2D eigenvalue weighted by Crippen LogP contribution is 2.20. The van der Waals surface area contributed by atoms with Gasteiger partial charge in [0.1, 0.15) is 5.82 Å². The molecule has 1 fully saturated rings. The van der Waals surface area contributed by atoms with Crippen molar-refractivity contribution in [1.82, 2.24) is 15.5 Å². The molecule has 0 radical (unpaired) electrons. The Hall–Kier alpha value is -1.75. The number of hydrogen-bond acceptors (Lipinski definition) is 4. The molecule has 1 aliphatic rings. The Balaban J connectivity index is 1.79. The summed E-state index contributed by atoms with van der Waals surface area (Å²) >= 11 is 0. The van der Waals surface area contributed by atoms with Crippen molar-refractivity contribution >= 4 is 0 Å². The van der Waals surface area contributed by atoms with E-state index in [1.54, 1.807) is 0 Å². The number of nitrogens with one attached hydrogen (secondary N) is 1. The molecule has 1 N–H and O–H groups in total. The summed E-state index contributed by atoms with van der Waals surface area (Å²) in [5.74, 6) is 0.783. The number of aryl methyl sites for hydroxylation is 1. The van der Waals surface area contributed by atoms with Crippen LogP contribution in [0.3, 0.4) is 0 Å². The van der Waals surface area contributed by atoms with Gasteiger partial charge < -0.3 is 9.84 Å². The molecule has 1 aromatic carbocycles. The van der Waals surface area contributed by atoms with E-state index < -0.39 is 0 Å². The monoisotopic (exact) mass is 261 g/mol. The molecule has 0 amide bonds. The number of nitrogens with zero attached hydrogens (tertiary/aromatic N) is 2. The van der Waals surface area contributed by atoms with Gasteiger partial charge in [-0.15, -0.1) is 0 Å². The minimum atomic E-state index is -0.279. The van der Waals surface area contributed by atoms with Gasteiger partial charge >= 0.3 is 0 Å². The summed E-state index contributed by atoms with van der Waals surface area (Å²) in [5, 5.41) is 7.31. The molecule has 0 aliphatic carbocycles. The van der Waals surface area contributed by atoms with Crippen LogP contribution in [0.2, 0.25) is 0 Å². The molecule has 0 bridgehead atoms. The van der Waals surface area contributed by atoms with E-state index in [0.29, 0.717) is 23.3 Å². The van der Waals surface area contributed by atoms with Crippen LogP contribution >= 0.6 is 0 Å². The Labute approximate surface area is 111 Å². The van der Waals surface area contributed by atoms with E-state index in [2.05, 4.69) is 15.5 Å². The third kappa shape index (κ3) is 2.81. The van der Waals surface area contributed by atoms with E-state index in [0.717, 1.165) is 24.9 Å². The Morgan fingerprint density at radius 3 is 3.05 bits per heavy atom. The maximum absolute atomic E-state index is 13.4. The zero-order chi connectivity index (χ0) is 13.2. The third-order valence-corrected chi connectivity index (χ3v) is 3.35. The summed E-state index contributed by atoms with van der Waals surface area (Å²) in [7, 11) is 0. The number of rotatable bonds is 3. The van der Waals surface area contributed by atoms with Crippen molar-refractivity contribution in [3.63, 3.8) is 0 Å². The van der Waals surface area contributed by atoms with Crippen molar-refractivity contribution in [2.75, 3.05) is 6.54 Å². The van der Waals surface area contributed by atoms with E-state index >= 15 is 0 Å². The lowest BCUT2D eigenvalue weighted by molar-refractivity contribution is 0.364. The molecule has 19 heavy (non-hydrogen) atoms.